The monoisotopic (exact) mass is 1000 g/mol. The van der Waals surface area contributed by atoms with Crippen LogP contribution >= 0.6 is 11.3 Å². The maximum atomic E-state index is 14.4. The van der Waals surface area contributed by atoms with E-state index in [1.807, 2.05) is 0 Å². The lowest BCUT2D eigenvalue weighted by Crippen LogP contribution is -2.71. The van der Waals surface area contributed by atoms with Gasteiger partial charge in [-0.2, -0.15) is 8.42 Å². The molecular formula is C47H56N8O13S2. The molecule has 1 unspecified atom stereocenters. The van der Waals surface area contributed by atoms with Gasteiger partial charge in [0.25, 0.3) is 17.9 Å². The van der Waals surface area contributed by atoms with Crippen molar-refractivity contribution in [3.05, 3.63) is 112 Å². The number of thiazole rings is 1. The Morgan fingerprint density at radius 2 is 1.53 bits per heavy atom. The molecule has 2 fully saturated rings. The normalized spacial score (nSPS) is 18.1. The summed E-state index contributed by atoms with van der Waals surface area (Å²) < 4.78 is 56.5. The van der Waals surface area contributed by atoms with E-state index in [4.69, 9.17) is 29.5 Å². The summed E-state index contributed by atoms with van der Waals surface area (Å²) in [5.41, 5.74) is 5.95. The van der Waals surface area contributed by atoms with E-state index in [1.54, 1.807) is 138 Å². The van der Waals surface area contributed by atoms with Gasteiger partial charge in [-0.1, -0.05) is 65.8 Å². The number of aryl methyl sites for hydroxylation is 1. The average molecular weight is 1010 g/mol. The van der Waals surface area contributed by atoms with E-state index in [-0.39, 0.29) is 32.8 Å². The van der Waals surface area contributed by atoms with Crippen molar-refractivity contribution in [1.29, 1.82) is 0 Å². The Morgan fingerprint density at radius 1 is 0.929 bits per heavy atom. The van der Waals surface area contributed by atoms with Gasteiger partial charge in [-0.05, 0) is 97.2 Å². The van der Waals surface area contributed by atoms with Gasteiger partial charge in [0, 0.05) is 23.5 Å². The minimum atomic E-state index is -4.94. The minimum absolute atomic E-state index is 0.0131. The van der Waals surface area contributed by atoms with Crippen LogP contribution in [0.4, 0.5) is 14.7 Å². The maximum Gasteiger partial charge on any atom is 0.413 e. The standard InChI is InChI=1S/C47H56N8O13S2/c1-27-35(41(57)55(27)70(61,62)63)50-40(56)37(36-28(2)69-43(51-36)52-44(59)66-46(3,4)5)53-68-34(42(58)65-38(29-15-11-9-12-16-29)30-17-13-10-14-18-30)26-64-33-21-19-31(20-22-33)39(48)49-32-23-24-54(25-32)45(60)67-47(6,7)8/h9-22,27,32,34-35,38H,23-26H2,1-8H3,(H2,48,49)(H,50,56)(H,51,52,59)(H,61,62,63)/b53-37-/t27-,32+,34?,35-/m0/s1. The van der Waals surface area contributed by atoms with Gasteiger partial charge in [0.2, 0.25) is 0 Å². The topological polar surface area (TPSA) is 280 Å². The van der Waals surface area contributed by atoms with Crippen molar-refractivity contribution >= 4 is 68.3 Å². The number of ether oxygens (including phenoxy) is 4. The summed E-state index contributed by atoms with van der Waals surface area (Å²) in [5.74, 6) is -2.71. The molecule has 2 aliphatic heterocycles. The average Bonchev–Trinajstić information content (AvgIpc) is 3.90. The molecule has 1 aromatic heterocycles. The van der Waals surface area contributed by atoms with Crippen molar-refractivity contribution < 1.29 is 60.7 Å². The number of likely N-dealkylation sites (tertiary alicyclic amines) is 1. The molecule has 3 aromatic carbocycles. The molecule has 0 radical (unpaired) electrons. The molecule has 4 aromatic rings. The summed E-state index contributed by atoms with van der Waals surface area (Å²) in [6.45, 7) is 13.5. The molecule has 0 aliphatic carbocycles. The van der Waals surface area contributed by atoms with Crippen LogP contribution in [0.25, 0.3) is 0 Å². The fraction of sp³-hybridized carbons (Fsp3) is 0.404. The zero-order valence-corrected chi connectivity index (χ0v) is 41.4. The molecule has 5 N–H and O–H groups in total. The highest BCUT2D eigenvalue weighted by Crippen LogP contribution is 2.29. The van der Waals surface area contributed by atoms with E-state index < -0.39 is 88.1 Å². The van der Waals surface area contributed by atoms with Crippen molar-refractivity contribution in [1.82, 2.24) is 19.5 Å². The quantitative estimate of drug-likeness (QED) is 0.0204. The molecule has 70 heavy (non-hydrogen) atoms. The molecule has 0 saturated carbocycles. The summed E-state index contributed by atoms with van der Waals surface area (Å²) in [6, 6.07) is 21.4. The predicted molar refractivity (Wildman–Crippen MR) is 258 cm³/mol. The number of amidine groups is 1. The second-order valence-electron chi connectivity index (χ2n) is 18.2. The number of nitrogens with two attached hydrogens (primary N) is 1. The molecule has 23 heteroatoms. The number of β-lactam (4-membered cyclic amide) rings is 1. The maximum absolute atomic E-state index is 14.4. The molecule has 2 saturated heterocycles. The Hall–Kier alpha value is -7.11. The molecule has 374 valence electrons. The number of anilines is 1. The molecule has 0 bridgehead atoms. The van der Waals surface area contributed by atoms with Gasteiger partial charge in [-0.25, -0.2) is 23.7 Å². The summed E-state index contributed by atoms with van der Waals surface area (Å²) in [4.78, 5) is 83.4. The van der Waals surface area contributed by atoms with E-state index >= 15 is 0 Å². The van der Waals surface area contributed by atoms with E-state index in [0.717, 1.165) is 11.3 Å². The number of amides is 4. The first-order valence-electron chi connectivity index (χ1n) is 22.0. The number of oxime groups is 1. The van der Waals surface area contributed by atoms with Crippen LogP contribution in [0.3, 0.4) is 0 Å². The van der Waals surface area contributed by atoms with Crippen molar-refractivity contribution in [3.8, 4) is 5.75 Å². The van der Waals surface area contributed by atoms with E-state index in [9.17, 15) is 36.9 Å². The summed E-state index contributed by atoms with van der Waals surface area (Å²) in [7, 11) is -4.94. The van der Waals surface area contributed by atoms with Gasteiger partial charge in [0.1, 0.15) is 41.1 Å². The molecule has 6 rings (SSSR count). The van der Waals surface area contributed by atoms with Gasteiger partial charge in [-0.15, -0.1) is 11.3 Å². The van der Waals surface area contributed by atoms with E-state index in [2.05, 4.69) is 25.8 Å². The largest absolute Gasteiger partial charge is 0.489 e. The Morgan fingerprint density at radius 3 is 2.09 bits per heavy atom. The van der Waals surface area contributed by atoms with Crippen LogP contribution in [-0.2, 0) is 43.7 Å². The molecule has 21 nitrogen and oxygen atoms in total. The fourth-order valence-corrected chi connectivity index (χ4v) is 8.79. The zero-order valence-electron chi connectivity index (χ0n) is 39.8. The van der Waals surface area contributed by atoms with Crippen LogP contribution in [0.5, 0.6) is 5.75 Å². The van der Waals surface area contributed by atoms with Crippen LogP contribution in [0.1, 0.15) is 88.3 Å². The number of nitrogens with one attached hydrogen (secondary N) is 2. The molecular weight excluding hydrogens is 949 g/mol. The van der Waals surface area contributed by atoms with Crippen LogP contribution in [-0.4, -0.2) is 124 Å². The zero-order chi connectivity index (χ0) is 51.1. The number of carbonyl (C=O) groups is 5. The first-order valence-corrected chi connectivity index (χ1v) is 24.3. The smallest absolute Gasteiger partial charge is 0.413 e. The molecule has 3 heterocycles. The third-order valence-electron chi connectivity index (χ3n) is 10.4. The van der Waals surface area contributed by atoms with Crippen LogP contribution in [0, 0.1) is 6.92 Å². The van der Waals surface area contributed by atoms with E-state index in [0.29, 0.717) is 41.1 Å². The van der Waals surface area contributed by atoms with E-state index in [1.165, 1.54) is 6.92 Å². The summed E-state index contributed by atoms with van der Waals surface area (Å²) in [5, 5.41) is 9.01. The molecule has 0 spiro atoms. The third kappa shape index (κ3) is 13.8. The summed E-state index contributed by atoms with van der Waals surface area (Å²) >= 11 is 0.943. The lowest BCUT2D eigenvalue weighted by atomic mass is 10.0. The Bertz CT molecular complexity index is 2680. The van der Waals surface area contributed by atoms with Crippen molar-refractivity contribution in [2.75, 3.05) is 25.0 Å². The molecule has 2 aliphatic rings. The Kier molecular flexibility index (Phi) is 16.2. The Balaban J connectivity index is 1.29. The van der Waals surface area contributed by atoms with Gasteiger partial charge in [0.05, 0.1) is 12.1 Å². The van der Waals surface area contributed by atoms with Crippen LogP contribution in [0.15, 0.2) is 95.1 Å². The number of hydrogen-bond donors (Lipinski definition) is 4. The number of hydrogen-bond acceptors (Lipinski definition) is 16. The number of nitrogens with zero attached hydrogens (tertiary/aromatic N) is 5. The number of rotatable bonds is 16. The second kappa shape index (κ2) is 21.7. The van der Waals surface area contributed by atoms with Gasteiger partial charge in [0.15, 0.2) is 16.9 Å². The molecule has 4 amide bonds. The number of esters is 1. The van der Waals surface area contributed by atoms with Crippen molar-refractivity contribution in [2.24, 2.45) is 15.9 Å². The number of aliphatic imine (C=N–C) groups is 1. The minimum Gasteiger partial charge on any atom is -0.489 e. The lowest BCUT2D eigenvalue weighted by molar-refractivity contribution is -0.163. The molecule has 4 atom stereocenters. The predicted octanol–water partition coefficient (Wildman–Crippen LogP) is 5.53. The highest BCUT2D eigenvalue weighted by atomic mass is 32.2. The summed E-state index contributed by atoms with van der Waals surface area (Å²) in [6.07, 6.45) is -3.31. The van der Waals surface area contributed by atoms with Crippen molar-refractivity contribution in [2.45, 2.75) is 103 Å². The second-order valence-corrected chi connectivity index (χ2v) is 20.7. The first-order chi connectivity index (χ1) is 32.9. The number of aromatic nitrogens is 1. The third-order valence-corrected chi connectivity index (χ3v) is 12.3. The Labute approximate surface area is 409 Å². The van der Waals surface area contributed by atoms with Crippen LogP contribution < -0.4 is 21.1 Å². The van der Waals surface area contributed by atoms with Crippen molar-refractivity contribution in [3.63, 3.8) is 0 Å². The SMILES string of the molecule is Cc1sc(NC(=O)OC(C)(C)C)nc1/C(=N/OC(COc1ccc(C(N)=N[C@@H]2CCN(C(=O)OC(C)(C)C)C2)cc1)C(=O)OC(c1ccccc1)c1ccccc1)C(=O)N[C@@H]1C(=O)N(S(=O)(=O)O)[C@H]1C. The highest BCUT2D eigenvalue weighted by molar-refractivity contribution is 7.84. The number of carbonyl (C=O) groups excluding carboxylic acids is 5. The first kappa shape index (κ1) is 52.3. The van der Waals surface area contributed by atoms with Gasteiger partial charge in [-0.3, -0.25) is 24.5 Å². The fourth-order valence-electron chi connectivity index (χ4n) is 7.10. The highest BCUT2D eigenvalue weighted by Gasteiger charge is 2.52. The van der Waals surface area contributed by atoms with Crippen LogP contribution in [0.2, 0.25) is 0 Å². The lowest BCUT2D eigenvalue weighted by Gasteiger charge is -2.42. The number of benzene rings is 3. The van der Waals surface area contributed by atoms with Gasteiger partial charge >= 0.3 is 28.5 Å². The van der Waals surface area contributed by atoms with Gasteiger partial charge < -0.3 is 39.7 Å².